The third-order valence-electron chi connectivity index (χ3n) is 11.8. The van der Waals surface area contributed by atoms with Crippen LogP contribution in [0.1, 0.15) is 43.4 Å². The molecule has 0 heterocycles. The van der Waals surface area contributed by atoms with Crippen molar-refractivity contribution in [2.75, 3.05) is 0 Å². The van der Waals surface area contributed by atoms with Crippen LogP contribution in [-0.2, 0) is 14.4 Å². The molecule has 0 aliphatic heterocycles. The van der Waals surface area contributed by atoms with Gasteiger partial charge >= 0.3 is 272 Å². The minimum absolute atomic E-state index is 0.375. The van der Waals surface area contributed by atoms with Gasteiger partial charge in [0.1, 0.15) is 0 Å². The molecule has 0 aromatic heterocycles. The number of rotatable bonds is 4. The number of hydrogen-bond donors (Lipinski definition) is 0. The van der Waals surface area contributed by atoms with Crippen molar-refractivity contribution in [1.29, 1.82) is 0 Å². The molecule has 6 aromatic rings. The standard InChI is InChI=1S/2C20H15.4CH3.H2Si.Zr/c2*1-14-12-16-8-5-11-19(20(16)13-14)18-10-4-7-15-6-2-3-9-17(15)18;;;;;;/h2*2-13H,1H3;4*1H3;1H2;. The predicted molar refractivity (Wildman–Crippen MR) is 204 cm³/mol. The molecule has 2 heteroatoms. The van der Waals surface area contributed by atoms with E-state index in [0.29, 0.717) is 7.25 Å². The molecule has 0 nitrogen and oxygen atoms in total. The summed E-state index contributed by atoms with van der Waals surface area (Å²) in [6, 6.07) is 45.3. The van der Waals surface area contributed by atoms with E-state index in [-0.39, 0.29) is 0 Å². The molecule has 46 heavy (non-hydrogen) atoms. The van der Waals surface area contributed by atoms with Crippen molar-refractivity contribution in [2.45, 2.75) is 39.6 Å². The van der Waals surface area contributed by atoms with Gasteiger partial charge in [-0.1, -0.05) is 0 Å². The normalized spacial score (nSPS) is 19.8. The average molecular weight is 692 g/mol. The van der Waals surface area contributed by atoms with Gasteiger partial charge in [-0.2, -0.15) is 0 Å². The summed E-state index contributed by atoms with van der Waals surface area (Å²) < 4.78 is 11.8. The first kappa shape index (κ1) is 29.8. The summed E-state index contributed by atoms with van der Waals surface area (Å²) in [7, 11) is 0. The molecule has 2 atom stereocenters. The van der Waals surface area contributed by atoms with Gasteiger partial charge in [0.05, 0.1) is 0 Å². The van der Waals surface area contributed by atoms with Crippen LogP contribution in [0, 0.1) is 0 Å². The van der Waals surface area contributed by atoms with Gasteiger partial charge in [-0.25, -0.2) is 0 Å². The Morgan fingerprint density at radius 1 is 0.435 bits per heavy atom. The number of hydrogen-bond acceptors (Lipinski definition) is 0. The zero-order valence-corrected chi connectivity index (χ0v) is 31.9. The summed E-state index contributed by atoms with van der Waals surface area (Å²) in [5.74, 6) is 0. The van der Waals surface area contributed by atoms with Gasteiger partial charge in [-0.3, -0.25) is 0 Å². The third kappa shape index (κ3) is 4.19. The van der Waals surface area contributed by atoms with Gasteiger partial charge < -0.3 is 0 Å². The van der Waals surface area contributed by atoms with Crippen molar-refractivity contribution in [3.05, 3.63) is 155 Å². The molecule has 0 saturated heterocycles. The van der Waals surface area contributed by atoms with E-state index in [1.165, 1.54) is 77.2 Å². The Hall–Kier alpha value is -3.58. The third-order valence-corrected chi connectivity index (χ3v) is 35.4. The topological polar surface area (TPSA) is 0 Å². The van der Waals surface area contributed by atoms with Crippen LogP contribution in [-0.4, -0.2) is 6.88 Å². The molecule has 0 amide bonds. The van der Waals surface area contributed by atoms with E-state index in [9.17, 15) is 0 Å². The Labute approximate surface area is 269 Å². The maximum absolute atomic E-state index is 4.86. The molecule has 0 N–H and O–H groups in total. The summed E-state index contributed by atoms with van der Waals surface area (Å²) in [6.07, 6.45) is 5.08. The van der Waals surface area contributed by atoms with Crippen molar-refractivity contribution in [3.63, 3.8) is 0 Å². The van der Waals surface area contributed by atoms with Crippen LogP contribution >= 0.6 is 0 Å². The van der Waals surface area contributed by atoms with Crippen molar-refractivity contribution in [2.24, 2.45) is 0 Å². The van der Waals surface area contributed by atoms with Crippen molar-refractivity contribution in [1.82, 2.24) is 0 Å². The summed E-state index contributed by atoms with van der Waals surface area (Å²) in [5.41, 5.74) is 14.3. The van der Waals surface area contributed by atoms with Crippen LogP contribution in [0.3, 0.4) is 0 Å². The molecule has 2 aliphatic rings. The molecule has 0 bridgehead atoms. The zero-order valence-electron chi connectivity index (χ0n) is 28.1. The van der Waals surface area contributed by atoms with Crippen molar-refractivity contribution >= 4 is 40.6 Å². The molecule has 228 valence electrons. The van der Waals surface area contributed by atoms with Crippen LogP contribution in [0.4, 0.5) is 0 Å². The Kier molecular flexibility index (Phi) is 5.74. The van der Waals surface area contributed by atoms with E-state index < -0.39 is 14.4 Å². The van der Waals surface area contributed by atoms with Crippen LogP contribution in [0.2, 0.25) is 18.5 Å². The average Bonchev–Trinajstić information content (AvgIpc) is 3.57. The fourth-order valence-electron chi connectivity index (χ4n) is 10.7. The Balaban J connectivity index is 1.35. The van der Waals surface area contributed by atoms with Gasteiger partial charge in [0.15, 0.2) is 0 Å². The fraction of sp³-hybridized carbons (Fsp3) is 0.182. The fourth-order valence-corrected chi connectivity index (χ4v) is 39.5. The van der Waals surface area contributed by atoms with Crippen molar-refractivity contribution in [3.8, 4) is 22.3 Å². The molecular formula is C44H44SiZr. The van der Waals surface area contributed by atoms with E-state index in [1.54, 1.807) is 0 Å². The number of benzene rings is 6. The predicted octanol–water partition coefficient (Wildman–Crippen LogP) is 12.4. The van der Waals surface area contributed by atoms with Gasteiger partial charge in [-0.05, 0) is 0 Å². The second-order valence-corrected chi connectivity index (χ2v) is 78.9. The van der Waals surface area contributed by atoms with E-state index >= 15 is 0 Å². The van der Waals surface area contributed by atoms with E-state index in [1.807, 2.05) is 0 Å². The first-order valence-corrected chi connectivity index (χ1v) is 35.5. The maximum atomic E-state index is 2.76. The van der Waals surface area contributed by atoms with E-state index in [0.717, 1.165) is 0 Å². The first-order chi connectivity index (χ1) is 21.7. The van der Waals surface area contributed by atoms with Crippen molar-refractivity contribution < 1.29 is 14.4 Å². The molecule has 0 spiro atoms. The molecule has 0 fully saturated rings. The van der Waals surface area contributed by atoms with Crippen LogP contribution in [0.25, 0.3) is 56.0 Å². The zero-order chi connectivity index (χ0) is 32.2. The molecule has 8 rings (SSSR count). The molecule has 6 aromatic carbocycles. The van der Waals surface area contributed by atoms with Crippen LogP contribution in [0.15, 0.2) is 132 Å². The van der Waals surface area contributed by atoms with Gasteiger partial charge in [0, 0.05) is 0 Å². The van der Waals surface area contributed by atoms with E-state index in [2.05, 4.69) is 173 Å². The van der Waals surface area contributed by atoms with Crippen LogP contribution in [0.5, 0.6) is 0 Å². The van der Waals surface area contributed by atoms with Gasteiger partial charge in [0.25, 0.3) is 0 Å². The van der Waals surface area contributed by atoms with E-state index in [4.69, 9.17) is 0 Å². The Morgan fingerprint density at radius 3 is 1.22 bits per heavy atom. The number of allylic oxidation sites excluding steroid dienone is 2. The molecule has 2 aliphatic carbocycles. The molecule has 0 saturated carbocycles. The summed E-state index contributed by atoms with van der Waals surface area (Å²) in [6.45, 7) is 7.26. The van der Waals surface area contributed by atoms with Crippen LogP contribution < -0.4 is 0 Å². The van der Waals surface area contributed by atoms with Gasteiger partial charge in [-0.15, -0.1) is 0 Å². The minimum atomic E-state index is -4.86. The SMILES string of the molecule is CC1=Cc2c(-c3cccc4ccccc34)cccc2[CH]1[Zr]([CH3])([CH3])([CH3])([CH3])(=[SiH2])[CH]1C(C)=Cc2c(-c3cccc4ccccc34)cccc21. The quantitative estimate of drug-likeness (QED) is 0.161. The van der Waals surface area contributed by atoms with Gasteiger partial charge in [0.2, 0.25) is 0 Å². The second kappa shape index (κ2) is 8.85. The molecule has 2 unspecified atom stereocenters. The second-order valence-electron chi connectivity index (χ2n) is 18.6. The number of fused-ring (bicyclic) bond motifs is 4. The molecule has 0 radical (unpaired) electrons. The Bertz CT molecular complexity index is 2310. The summed E-state index contributed by atoms with van der Waals surface area (Å²) >= 11 is -4.86. The summed E-state index contributed by atoms with van der Waals surface area (Å²) in [4.78, 5) is 0. The molecular weight excluding hydrogens is 648 g/mol. The monoisotopic (exact) mass is 690 g/mol. The Morgan fingerprint density at radius 2 is 0.783 bits per heavy atom. The first-order valence-electron chi connectivity index (χ1n) is 16.9. The summed E-state index contributed by atoms with van der Waals surface area (Å²) in [5, 5.41) is 5.24.